The Kier molecular flexibility index (Phi) is 5.21. The van der Waals surface area contributed by atoms with Crippen molar-refractivity contribution in [3.05, 3.63) is 52.0 Å². The number of rotatable bonds is 5. The first kappa shape index (κ1) is 15.4. The van der Waals surface area contributed by atoms with Crippen molar-refractivity contribution in [3.63, 3.8) is 0 Å². The first-order chi connectivity index (χ1) is 10.1. The fraction of sp³-hybridized carbons (Fsp3) is 0.0769. The number of imidazole rings is 1. The summed E-state index contributed by atoms with van der Waals surface area (Å²) in [4.78, 5) is 17.9. The third-order valence-electron chi connectivity index (χ3n) is 2.60. The van der Waals surface area contributed by atoms with Gasteiger partial charge in [0.25, 0.3) is 5.91 Å². The molecule has 1 heterocycles. The summed E-state index contributed by atoms with van der Waals surface area (Å²) in [6.07, 6.45) is 2.80. The van der Waals surface area contributed by atoms with Crippen molar-refractivity contribution < 1.29 is 10.0 Å². The molecule has 0 saturated heterocycles. The summed E-state index contributed by atoms with van der Waals surface area (Å²) in [7, 11) is 0. The Morgan fingerprint density at radius 2 is 2.14 bits per heavy atom. The molecule has 0 aliphatic heterocycles. The van der Waals surface area contributed by atoms with Gasteiger partial charge >= 0.3 is 0 Å². The van der Waals surface area contributed by atoms with Gasteiger partial charge in [0.15, 0.2) is 5.15 Å². The highest BCUT2D eigenvalue weighted by atomic mass is 35.5. The number of hydrogen-bond donors (Lipinski definition) is 4. The van der Waals surface area contributed by atoms with Crippen molar-refractivity contribution in [1.29, 1.82) is 0 Å². The summed E-state index contributed by atoms with van der Waals surface area (Å²) in [5.41, 5.74) is 3.11. The summed E-state index contributed by atoms with van der Waals surface area (Å²) in [5, 5.41) is 12.1. The molecule has 2 aromatic rings. The Morgan fingerprint density at radius 1 is 1.38 bits per heavy atom. The smallest absolute Gasteiger partial charge is 0.267 e. The van der Waals surface area contributed by atoms with Crippen LogP contribution in [0.25, 0.3) is 6.08 Å². The molecule has 2 rings (SSSR count). The molecular formula is C13H12Cl2N4O2. The number of hydroxylamine groups is 1. The fourth-order valence-electron chi connectivity index (χ4n) is 1.64. The second-order valence-corrected chi connectivity index (χ2v) is 4.77. The van der Waals surface area contributed by atoms with Gasteiger partial charge in [-0.2, -0.15) is 0 Å². The van der Waals surface area contributed by atoms with E-state index in [-0.39, 0.29) is 5.15 Å². The number of para-hydroxylation sites is 1. The van der Waals surface area contributed by atoms with E-state index >= 15 is 0 Å². The minimum absolute atomic E-state index is 0.223. The zero-order chi connectivity index (χ0) is 15.2. The Bertz CT molecular complexity index is 650. The van der Waals surface area contributed by atoms with Crippen LogP contribution in [0.5, 0.6) is 0 Å². The van der Waals surface area contributed by atoms with Crippen molar-refractivity contribution >= 4 is 40.9 Å². The van der Waals surface area contributed by atoms with Crippen LogP contribution < -0.4 is 10.8 Å². The molecule has 1 aromatic heterocycles. The van der Waals surface area contributed by atoms with Gasteiger partial charge in [-0.25, -0.2) is 10.5 Å². The van der Waals surface area contributed by atoms with Gasteiger partial charge in [0.2, 0.25) is 0 Å². The maximum absolute atomic E-state index is 11.0. The largest absolute Gasteiger partial charge is 0.377 e. The molecule has 0 unspecified atom stereocenters. The van der Waals surface area contributed by atoms with Crippen LogP contribution in [0.1, 0.15) is 11.4 Å². The summed E-state index contributed by atoms with van der Waals surface area (Å²) in [5.74, 6) is -0.00807. The Morgan fingerprint density at radius 3 is 2.81 bits per heavy atom. The minimum Gasteiger partial charge on any atom is -0.377 e. The number of carbonyl (C=O) groups excluding carboxylic acids is 1. The predicted molar refractivity (Wildman–Crippen MR) is 81.3 cm³/mol. The monoisotopic (exact) mass is 326 g/mol. The molecule has 1 aromatic carbocycles. The van der Waals surface area contributed by atoms with Gasteiger partial charge in [-0.15, -0.1) is 0 Å². The van der Waals surface area contributed by atoms with E-state index in [1.165, 1.54) is 11.6 Å². The van der Waals surface area contributed by atoms with Crippen LogP contribution in [0.15, 0.2) is 30.3 Å². The second-order valence-electron chi connectivity index (χ2n) is 4.04. The van der Waals surface area contributed by atoms with Crippen molar-refractivity contribution in [2.75, 3.05) is 5.32 Å². The molecule has 0 atom stereocenters. The molecule has 4 N–H and O–H groups in total. The molecule has 0 saturated carbocycles. The summed E-state index contributed by atoms with van der Waals surface area (Å²) < 4.78 is 0. The highest BCUT2D eigenvalue weighted by Gasteiger charge is 2.06. The first-order valence-electron chi connectivity index (χ1n) is 5.95. The lowest BCUT2D eigenvalue weighted by Gasteiger charge is -2.08. The predicted octanol–water partition coefficient (Wildman–Crippen LogP) is 2.85. The quantitative estimate of drug-likeness (QED) is 0.386. The van der Waals surface area contributed by atoms with E-state index in [1.54, 1.807) is 6.08 Å². The van der Waals surface area contributed by atoms with Gasteiger partial charge in [0, 0.05) is 11.8 Å². The molecule has 110 valence electrons. The number of aromatic amines is 1. The lowest BCUT2D eigenvalue weighted by atomic mass is 10.1. The maximum Gasteiger partial charge on any atom is 0.267 e. The number of benzene rings is 1. The minimum atomic E-state index is -0.602. The van der Waals surface area contributed by atoms with E-state index in [2.05, 4.69) is 15.3 Å². The number of amides is 1. The molecule has 0 aliphatic rings. The number of nitrogens with zero attached hydrogens (tertiary/aromatic N) is 1. The molecule has 0 aliphatic carbocycles. The van der Waals surface area contributed by atoms with E-state index in [1.807, 2.05) is 24.3 Å². The van der Waals surface area contributed by atoms with Crippen molar-refractivity contribution in [1.82, 2.24) is 15.4 Å². The van der Waals surface area contributed by atoms with E-state index in [0.29, 0.717) is 17.5 Å². The van der Waals surface area contributed by atoms with Crippen LogP contribution >= 0.6 is 23.2 Å². The highest BCUT2D eigenvalue weighted by Crippen LogP contribution is 2.20. The third-order valence-corrected chi connectivity index (χ3v) is 3.24. The number of aromatic nitrogens is 2. The Balaban J connectivity index is 2.09. The lowest BCUT2D eigenvalue weighted by molar-refractivity contribution is -0.124. The van der Waals surface area contributed by atoms with Crippen molar-refractivity contribution in [2.24, 2.45) is 0 Å². The number of H-pyrrole nitrogens is 1. The van der Waals surface area contributed by atoms with Crippen LogP contribution in [-0.2, 0) is 11.3 Å². The summed E-state index contributed by atoms with van der Waals surface area (Å²) >= 11 is 11.5. The van der Waals surface area contributed by atoms with Crippen LogP contribution in [-0.4, -0.2) is 21.1 Å². The van der Waals surface area contributed by atoms with Gasteiger partial charge in [0.1, 0.15) is 11.0 Å². The maximum atomic E-state index is 11.0. The number of carbonyl (C=O) groups is 1. The summed E-state index contributed by atoms with van der Waals surface area (Å²) in [6.45, 7) is 0.392. The average molecular weight is 327 g/mol. The van der Waals surface area contributed by atoms with Crippen molar-refractivity contribution in [2.45, 2.75) is 6.54 Å². The van der Waals surface area contributed by atoms with Gasteiger partial charge in [-0.05, 0) is 17.7 Å². The summed E-state index contributed by atoms with van der Waals surface area (Å²) in [6, 6.07) is 7.37. The van der Waals surface area contributed by atoms with Crippen molar-refractivity contribution in [3.8, 4) is 0 Å². The average Bonchev–Trinajstić information content (AvgIpc) is 2.82. The zero-order valence-corrected chi connectivity index (χ0v) is 12.2. The highest BCUT2D eigenvalue weighted by molar-refractivity contribution is 6.40. The lowest BCUT2D eigenvalue weighted by Crippen LogP contribution is -2.14. The first-order valence-corrected chi connectivity index (χ1v) is 6.70. The van der Waals surface area contributed by atoms with E-state index in [4.69, 9.17) is 28.4 Å². The van der Waals surface area contributed by atoms with E-state index in [9.17, 15) is 4.79 Å². The third kappa shape index (κ3) is 4.22. The van der Waals surface area contributed by atoms with Gasteiger partial charge in [0.05, 0.1) is 6.54 Å². The zero-order valence-electron chi connectivity index (χ0n) is 10.7. The Hall–Kier alpha value is -2.02. The van der Waals surface area contributed by atoms with E-state index < -0.39 is 5.91 Å². The number of nitrogens with one attached hydrogen (secondary N) is 3. The number of hydrogen-bond acceptors (Lipinski definition) is 4. The normalized spacial score (nSPS) is 10.8. The van der Waals surface area contributed by atoms with Crippen LogP contribution in [0, 0.1) is 0 Å². The van der Waals surface area contributed by atoms with Gasteiger partial charge in [-0.3, -0.25) is 10.0 Å². The van der Waals surface area contributed by atoms with E-state index in [0.717, 1.165) is 11.3 Å². The van der Waals surface area contributed by atoms with Gasteiger partial charge in [-0.1, -0.05) is 41.4 Å². The fourth-order valence-corrected chi connectivity index (χ4v) is 1.94. The van der Waals surface area contributed by atoms with Crippen LogP contribution in [0.4, 0.5) is 5.69 Å². The van der Waals surface area contributed by atoms with Crippen LogP contribution in [0.3, 0.4) is 0 Å². The SMILES string of the molecule is O=C(C=Cc1ccccc1NCc1nc(Cl)c(Cl)[nH]1)NO. The molecule has 8 heteroatoms. The van der Waals surface area contributed by atoms with Gasteiger partial charge < -0.3 is 10.3 Å². The topological polar surface area (TPSA) is 90.0 Å². The molecule has 21 heavy (non-hydrogen) atoms. The molecule has 1 amide bonds. The molecule has 0 bridgehead atoms. The number of halogens is 2. The standard InChI is InChI=1S/C13H12Cl2N4O2/c14-12-13(15)18-10(17-12)7-16-9-4-2-1-3-8(9)5-6-11(20)19-21/h1-6,16,21H,7H2,(H,17,18)(H,19,20). The molecule has 0 spiro atoms. The molecular weight excluding hydrogens is 315 g/mol. The molecule has 0 radical (unpaired) electrons. The molecule has 0 fully saturated rings. The Labute approximate surface area is 130 Å². The molecule has 6 nitrogen and oxygen atoms in total. The second kappa shape index (κ2) is 7.12. The number of anilines is 1. The van der Waals surface area contributed by atoms with Crippen LogP contribution in [0.2, 0.25) is 10.3 Å².